The summed E-state index contributed by atoms with van der Waals surface area (Å²) >= 11 is 0. The topological polar surface area (TPSA) is 63.2 Å². The summed E-state index contributed by atoms with van der Waals surface area (Å²) in [5.41, 5.74) is 1.95. The van der Waals surface area contributed by atoms with Crippen LogP contribution in [0.3, 0.4) is 0 Å². The summed E-state index contributed by atoms with van der Waals surface area (Å²) in [6, 6.07) is 14.9. The van der Waals surface area contributed by atoms with E-state index in [2.05, 4.69) is 15.6 Å². The summed E-state index contributed by atoms with van der Waals surface area (Å²) in [5.74, 6) is 1.46. The number of carbonyl (C=O) groups excluding carboxylic acids is 1. The molecule has 3 unspecified atom stereocenters. The lowest BCUT2D eigenvalue weighted by molar-refractivity contribution is -0.122. The Kier molecular flexibility index (Phi) is 5.91. The molecule has 5 nitrogen and oxygen atoms in total. The molecule has 2 aliphatic heterocycles. The summed E-state index contributed by atoms with van der Waals surface area (Å²) in [4.78, 5) is 16.8. The second-order valence-corrected chi connectivity index (χ2v) is 8.15. The van der Waals surface area contributed by atoms with Gasteiger partial charge in [0, 0.05) is 24.7 Å². The number of hydrogen-bond acceptors (Lipinski definition) is 4. The van der Waals surface area contributed by atoms with Crippen molar-refractivity contribution in [1.82, 2.24) is 15.6 Å². The quantitative estimate of drug-likeness (QED) is 0.769. The van der Waals surface area contributed by atoms with Crippen molar-refractivity contribution < 1.29 is 9.53 Å². The minimum atomic E-state index is -0.0377. The van der Waals surface area contributed by atoms with Crippen molar-refractivity contribution in [3.63, 3.8) is 0 Å². The second-order valence-electron chi connectivity index (χ2n) is 8.15. The maximum atomic E-state index is 12.6. The Morgan fingerprint density at radius 3 is 2.79 bits per heavy atom. The highest BCUT2D eigenvalue weighted by Gasteiger charge is 2.34. The highest BCUT2D eigenvalue weighted by Crippen LogP contribution is 2.32. The summed E-state index contributed by atoms with van der Waals surface area (Å²) in [6.07, 6.45) is 7.20. The normalized spacial score (nSPS) is 24.5. The van der Waals surface area contributed by atoms with Crippen LogP contribution in [0.2, 0.25) is 0 Å². The van der Waals surface area contributed by atoms with Crippen LogP contribution in [0.25, 0.3) is 0 Å². The Labute approximate surface area is 166 Å². The summed E-state index contributed by atoms with van der Waals surface area (Å²) in [6.45, 7) is 2.46. The SMILES string of the molecule is CC(NC(=O)CC1CC2CCC(C1)N2)c1cccc(OCc2ccccn2)c1. The molecule has 2 fully saturated rings. The van der Waals surface area contributed by atoms with E-state index in [1.165, 1.54) is 12.8 Å². The number of nitrogens with zero attached hydrogens (tertiary/aromatic N) is 1. The number of carbonyl (C=O) groups is 1. The van der Waals surface area contributed by atoms with Gasteiger partial charge in [-0.25, -0.2) is 0 Å². The molecule has 4 rings (SSSR count). The number of hydrogen-bond donors (Lipinski definition) is 2. The summed E-state index contributed by atoms with van der Waals surface area (Å²) in [5, 5.41) is 6.81. The molecule has 5 heteroatoms. The fourth-order valence-electron chi connectivity index (χ4n) is 4.50. The number of pyridine rings is 1. The maximum Gasteiger partial charge on any atom is 0.220 e. The predicted octanol–water partition coefficient (Wildman–Crippen LogP) is 3.76. The van der Waals surface area contributed by atoms with Gasteiger partial charge in [0.05, 0.1) is 11.7 Å². The van der Waals surface area contributed by atoms with E-state index in [0.717, 1.165) is 29.8 Å². The van der Waals surface area contributed by atoms with E-state index in [1.54, 1.807) is 6.20 Å². The number of aromatic nitrogens is 1. The molecule has 0 aliphatic carbocycles. The molecule has 148 valence electrons. The molecule has 2 aliphatic rings. The lowest BCUT2D eigenvalue weighted by Gasteiger charge is -2.29. The highest BCUT2D eigenvalue weighted by molar-refractivity contribution is 5.76. The zero-order valence-electron chi connectivity index (χ0n) is 16.4. The lowest BCUT2D eigenvalue weighted by atomic mass is 9.89. The van der Waals surface area contributed by atoms with Gasteiger partial charge in [0.15, 0.2) is 0 Å². The molecule has 1 aromatic heterocycles. The Balaban J connectivity index is 1.29. The summed E-state index contributed by atoms with van der Waals surface area (Å²) < 4.78 is 5.86. The third-order valence-electron chi connectivity index (χ3n) is 5.89. The zero-order valence-corrected chi connectivity index (χ0v) is 16.4. The molecule has 2 bridgehead atoms. The first-order chi connectivity index (χ1) is 13.7. The first-order valence-electron chi connectivity index (χ1n) is 10.3. The Bertz CT molecular complexity index is 783. The number of rotatable bonds is 7. The lowest BCUT2D eigenvalue weighted by Crippen LogP contribution is -2.40. The van der Waals surface area contributed by atoms with E-state index in [-0.39, 0.29) is 11.9 Å². The van der Waals surface area contributed by atoms with Gasteiger partial charge < -0.3 is 15.4 Å². The zero-order chi connectivity index (χ0) is 19.3. The number of ether oxygens (including phenoxy) is 1. The molecule has 3 atom stereocenters. The Hall–Kier alpha value is -2.40. The van der Waals surface area contributed by atoms with Gasteiger partial charge in [-0.15, -0.1) is 0 Å². The fraction of sp³-hybridized carbons (Fsp3) is 0.478. The van der Waals surface area contributed by atoms with Crippen molar-refractivity contribution in [2.24, 2.45) is 5.92 Å². The first kappa shape index (κ1) is 18.9. The summed E-state index contributed by atoms with van der Waals surface area (Å²) in [7, 11) is 0. The van der Waals surface area contributed by atoms with Crippen molar-refractivity contribution in [3.8, 4) is 5.75 Å². The van der Waals surface area contributed by atoms with E-state index >= 15 is 0 Å². The average Bonchev–Trinajstić information content (AvgIpc) is 3.05. The van der Waals surface area contributed by atoms with Crippen LogP contribution in [-0.2, 0) is 11.4 Å². The van der Waals surface area contributed by atoms with Gasteiger partial charge in [-0.05, 0) is 68.4 Å². The van der Waals surface area contributed by atoms with Crippen molar-refractivity contribution in [3.05, 3.63) is 59.9 Å². The number of nitrogens with one attached hydrogen (secondary N) is 2. The second kappa shape index (κ2) is 8.74. The average molecular weight is 380 g/mol. The van der Waals surface area contributed by atoms with Gasteiger partial charge in [0.25, 0.3) is 0 Å². The van der Waals surface area contributed by atoms with Crippen LogP contribution in [0.15, 0.2) is 48.7 Å². The van der Waals surface area contributed by atoms with E-state index < -0.39 is 0 Å². The number of piperidine rings is 1. The van der Waals surface area contributed by atoms with Gasteiger partial charge in [0.2, 0.25) is 5.91 Å². The van der Waals surface area contributed by atoms with Crippen molar-refractivity contribution >= 4 is 5.91 Å². The minimum Gasteiger partial charge on any atom is -0.487 e. The Morgan fingerprint density at radius 1 is 1.21 bits per heavy atom. The molecular weight excluding hydrogens is 350 g/mol. The van der Waals surface area contributed by atoms with Crippen LogP contribution in [-0.4, -0.2) is 23.0 Å². The van der Waals surface area contributed by atoms with Crippen molar-refractivity contribution in [2.45, 2.75) is 63.8 Å². The predicted molar refractivity (Wildman–Crippen MR) is 109 cm³/mol. The Morgan fingerprint density at radius 2 is 2.04 bits per heavy atom. The van der Waals surface area contributed by atoms with Crippen LogP contribution in [0.1, 0.15) is 56.3 Å². The van der Waals surface area contributed by atoms with Crippen molar-refractivity contribution in [1.29, 1.82) is 0 Å². The van der Waals surface area contributed by atoms with Crippen LogP contribution in [0.4, 0.5) is 0 Å². The highest BCUT2D eigenvalue weighted by atomic mass is 16.5. The molecule has 2 saturated heterocycles. The van der Waals surface area contributed by atoms with Gasteiger partial charge >= 0.3 is 0 Å². The molecule has 2 N–H and O–H groups in total. The van der Waals surface area contributed by atoms with Gasteiger partial charge in [-0.3, -0.25) is 9.78 Å². The smallest absolute Gasteiger partial charge is 0.220 e. The van der Waals surface area contributed by atoms with E-state index in [1.807, 2.05) is 49.4 Å². The molecule has 1 aromatic carbocycles. The standard InChI is InChI=1S/C23H29N3O2/c1-16(25-23(27)13-17-11-19-8-9-20(12-17)26-19)18-5-4-7-22(14-18)28-15-21-6-2-3-10-24-21/h2-7,10,14,16-17,19-20,26H,8-9,11-13,15H2,1H3,(H,25,27). The van der Waals surface area contributed by atoms with Crippen molar-refractivity contribution in [2.75, 3.05) is 0 Å². The third-order valence-corrected chi connectivity index (χ3v) is 5.89. The molecule has 0 radical (unpaired) electrons. The van der Waals surface area contributed by atoms with E-state index in [9.17, 15) is 4.79 Å². The molecule has 28 heavy (non-hydrogen) atoms. The third kappa shape index (κ3) is 4.90. The number of benzene rings is 1. The monoisotopic (exact) mass is 379 g/mol. The van der Waals surface area contributed by atoms with Gasteiger partial charge in [-0.2, -0.15) is 0 Å². The molecule has 0 saturated carbocycles. The van der Waals surface area contributed by atoms with E-state index in [0.29, 0.717) is 31.0 Å². The first-order valence-corrected chi connectivity index (χ1v) is 10.3. The fourth-order valence-corrected chi connectivity index (χ4v) is 4.50. The molecule has 1 amide bonds. The molecule has 0 spiro atoms. The largest absolute Gasteiger partial charge is 0.487 e. The molecular formula is C23H29N3O2. The minimum absolute atomic E-state index is 0.0377. The van der Waals surface area contributed by atoms with Crippen LogP contribution in [0, 0.1) is 5.92 Å². The number of fused-ring (bicyclic) bond motifs is 2. The van der Waals surface area contributed by atoms with Gasteiger partial charge in [-0.1, -0.05) is 18.2 Å². The maximum absolute atomic E-state index is 12.6. The number of amides is 1. The van der Waals surface area contributed by atoms with Gasteiger partial charge in [0.1, 0.15) is 12.4 Å². The van der Waals surface area contributed by atoms with Crippen LogP contribution >= 0.6 is 0 Å². The van der Waals surface area contributed by atoms with Crippen LogP contribution in [0.5, 0.6) is 5.75 Å². The van der Waals surface area contributed by atoms with Crippen LogP contribution < -0.4 is 15.4 Å². The molecule has 2 aromatic rings. The van der Waals surface area contributed by atoms with E-state index in [4.69, 9.17) is 4.74 Å². The molecule has 3 heterocycles.